The van der Waals surface area contributed by atoms with Gasteiger partial charge in [0.25, 0.3) is 5.91 Å². The van der Waals surface area contributed by atoms with Crippen molar-refractivity contribution in [3.05, 3.63) is 34.3 Å². The Labute approximate surface area is 166 Å². The van der Waals surface area contributed by atoms with Gasteiger partial charge < -0.3 is 10.1 Å². The highest BCUT2D eigenvalue weighted by Crippen LogP contribution is 2.13. The number of carbonyl (C=O) groups excluding carboxylic acids is 2. The minimum absolute atomic E-state index is 0.0346. The zero-order valence-electron chi connectivity index (χ0n) is 16.2. The standard InChI is InChI=1S/C21H32BrNO3/c1-4-5-6-7-8-9-10-14-26-21(25)19(16(2)3)23-20(24)17-12-11-13-18(22)15-17/h11-13,15-16,19H,4-10,14H2,1-3H3,(H,23,24). The molecule has 5 heteroatoms. The van der Waals surface area contributed by atoms with E-state index in [0.717, 1.165) is 17.3 Å². The van der Waals surface area contributed by atoms with Gasteiger partial charge in [-0.15, -0.1) is 0 Å². The van der Waals surface area contributed by atoms with E-state index in [1.165, 1.54) is 32.1 Å². The Morgan fingerprint density at radius 2 is 1.73 bits per heavy atom. The first-order chi connectivity index (χ1) is 12.5. The average Bonchev–Trinajstić information content (AvgIpc) is 2.61. The van der Waals surface area contributed by atoms with E-state index in [-0.39, 0.29) is 17.8 Å². The fraction of sp³-hybridized carbons (Fsp3) is 0.619. The molecule has 0 aliphatic carbocycles. The zero-order chi connectivity index (χ0) is 19.4. The number of ether oxygens (including phenoxy) is 1. The lowest BCUT2D eigenvalue weighted by Crippen LogP contribution is -2.45. The molecule has 26 heavy (non-hydrogen) atoms. The summed E-state index contributed by atoms with van der Waals surface area (Å²) in [6, 6.07) is 6.47. The molecule has 0 aromatic heterocycles. The van der Waals surface area contributed by atoms with Crippen LogP contribution in [0.4, 0.5) is 0 Å². The minimum atomic E-state index is -0.633. The fourth-order valence-electron chi connectivity index (χ4n) is 2.67. The average molecular weight is 426 g/mol. The van der Waals surface area contributed by atoms with Crippen LogP contribution < -0.4 is 5.32 Å². The molecule has 0 heterocycles. The van der Waals surface area contributed by atoms with Crippen LogP contribution >= 0.6 is 15.9 Å². The van der Waals surface area contributed by atoms with Crippen molar-refractivity contribution >= 4 is 27.8 Å². The third-order valence-corrected chi connectivity index (χ3v) is 4.78. The second kappa shape index (κ2) is 12.9. The van der Waals surface area contributed by atoms with Gasteiger partial charge >= 0.3 is 5.97 Å². The molecule has 4 nitrogen and oxygen atoms in total. The third-order valence-electron chi connectivity index (χ3n) is 4.29. The predicted molar refractivity (Wildman–Crippen MR) is 109 cm³/mol. The van der Waals surface area contributed by atoms with E-state index in [9.17, 15) is 9.59 Å². The van der Waals surface area contributed by atoms with Crippen LogP contribution in [0, 0.1) is 5.92 Å². The molecule has 0 fully saturated rings. The second-order valence-corrected chi connectivity index (χ2v) is 7.91. The van der Waals surface area contributed by atoms with Crippen molar-refractivity contribution in [2.45, 2.75) is 71.8 Å². The number of hydrogen-bond donors (Lipinski definition) is 1. The largest absolute Gasteiger partial charge is 0.464 e. The number of carbonyl (C=O) groups is 2. The zero-order valence-corrected chi connectivity index (χ0v) is 17.8. The molecular weight excluding hydrogens is 394 g/mol. The molecule has 1 N–H and O–H groups in total. The van der Waals surface area contributed by atoms with Gasteiger partial charge in [-0.3, -0.25) is 4.79 Å². The highest BCUT2D eigenvalue weighted by molar-refractivity contribution is 9.10. The number of halogens is 1. The Hall–Kier alpha value is -1.36. The van der Waals surface area contributed by atoms with E-state index >= 15 is 0 Å². The van der Waals surface area contributed by atoms with Crippen LogP contribution in [0.3, 0.4) is 0 Å². The quantitative estimate of drug-likeness (QED) is 0.355. The molecule has 1 aromatic rings. The van der Waals surface area contributed by atoms with Gasteiger partial charge in [0.15, 0.2) is 0 Å². The second-order valence-electron chi connectivity index (χ2n) is 6.99. The lowest BCUT2D eigenvalue weighted by Gasteiger charge is -2.21. The van der Waals surface area contributed by atoms with Crippen LogP contribution in [0.25, 0.3) is 0 Å². The molecule has 146 valence electrons. The van der Waals surface area contributed by atoms with Gasteiger partial charge in [-0.1, -0.05) is 81.3 Å². The van der Waals surface area contributed by atoms with E-state index in [1.54, 1.807) is 18.2 Å². The number of benzene rings is 1. The van der Waals surface area contributed by atoms with Crippen LogP contribution in [0.2, 0.25) is 0 Å². The molecule has 1 unspecified atom stereocenters. The lowest BCUT2D eigenvalue weighted by atomic mass is 10.0. The van der Waals surface area contributed by atoms with Crippen molar-refractivity contribution in [3.8, 4) is 0 Å². The van der Waals surface area contributed by atoms with Gasteiger partial charge in [-0.25, -0.2) is 4.79 Å². The molecule has 1 aromatic carbocycles. The predicted octanol–water partition coefficient (Wildman–Crippen LogP) is 5.50. The van der Waals surface area contributed by atoms with Gasteiger partial charge in [0.1, 0.15) is 6.04 Å². The molecule has 0 spiro atoms. The molecule has 1 rings (SSSR count). The summed E-state index contributed by atoms with van der Waals surface area (Å²) in [6.07, 6.45) is 8.22. The van der Waals surface area contributed by atoms with Crippen LogP contribution in [-0.4, -0.2) is 24.5 Å². The molecule has 0 aliphatic heterocycles. The molecule has 0 saturated carbocycles. The summed E-state index contributed by atoms with van der Waals surface area (Å²) < 4.78 is 6.22. The molecule has 1 atom stereocenters. The highest BCUT2D eigenvalue weighted by Gasteiger charge is 2.26. The number of hydrogen-bond acceptors (Lipinski definition) is 3. The Balaban J connectivity index is 2.39. The number of nitrogens with one attached hydrogen (secondary N) is 1. The van der Waals surface area contributed by atoms with E-state index in [4.69, 9.17) is 4.74 Å². The maximum Gasteiger partial charge on any atom is 0.328 e. The summed E-state index contributed by atoms with van der Waals surface area (Å²) >= 11 is 3.35. The molecule has 0 radical (unpaired) electrons. The minimum Gasteiger partial charge on any atom is -0.464 e. The molecule has 0 bridgehead atoms. The van der Waals surface area contributed by atoms with Gasteiger partial charge in [0.05, 0.1) is 6.61 Å². The van der Waals surface area contributed by atoms with Crippen LogP contribution in [0.15, 0.2) is 28.7 Å². The van der Waals surface area contributed by atoms with Gasteiger partial charge in [0, 0.05) is 10.0 Å². The molecule has 0 saturated heterocycles. The summed E-state index contributed by atoms with van der Waals surface area (Å²) in [7, 11) is 0. The van der Waals surface area contributed by atoms with Gasteiger partial charge in [0.2, 0.25) is 0 Å². The van der Waals surface area contributed by atoms with Crippen molar-refractivity contribution in [1.82, 2.24) is 5.32 Å². The van der Waals surface area contributed by atoms with Crippen molar-refractivity contribution in [2.75, 3.05) is 6.61 Å². The molecule has 1 amide bonds. The Bertz CT molecular complexity index is 560. The van der Waals surface area contributed by atoms with Crippen molar-refractivity contribution < 1.29 is 14.3 Å². The summed E-state index contributed by atoms with van der Waals surface area (Å²) in [4.78, 5) is 24.7. The number of amides is 1. The third kappa shape index (κ3) is 8.84. The fourth-order valence-corrected chi connectivity index (χ4v) is 3.07. The van der Waals surface area contributed by atoms with Gasteiger partial charge in [-0.05, 0) is 30.5 Å². The molecule has 0 aliphatic rings. The lowest BCUT2D eigenvalue weighted by molar-refractivity contribution is -0.147. The van der Waals surface area contributed by atoms with E-state index in [2.05, 4.69) is 28.2 Å². The van der Waals surface area contributed by atoms with Crippen LogP contribution in [0.5, 0.6) is 0 Å². The SMILES string of the molecule is CCCCCCCCCOC(=O)C(NC(=O)c1cccc(Br)c1)C(C)C. The maximum absolute atomic E-state index is 12.4. The smallest absolute Gasteiger partial charge is 0.328 e. The number of esters is 1. The van der Waals surface area contributed by atoms with E-state index < -0.39 is 6.04 Å². The van der Waals surface area contributed by atoms with Gasteiger partial charge in [-0.2, -0.15) is 0 Å². The maximum atomic E-state index is 12.4. The van der Waals surface area contributed by atoms with E-state index in [1.807, 2.05) is 19.9 Å². The van der Waals surface area contributed by atoms with Crippen molar-refractivity contribution in [3.63, 3.8) is 0 Å². The van der Waals surface area contributed by atoms with Crippen LogP contribution in [0.1, 0.15) is 76.1 Å². The number of unbranched alkanes of at least 4 members (excludes halogenated alkanes) is 6. The number of rotatable bonds is 12. The Morgan fingerprint density at radius 1 is 1.08 bits per heavy atom. The molecular formula is C21H32BrNO3. The first kappa shape index (κ1) is 22.7. The summed E-state index contributed by atoms with van der Waals surface area (Å²) in [5, 5.41) is 2.80. The van der Waals surface area contributed by atoms with Crippen molar-refractivity contribution in [2.24, 2.45) is 5.92 Å². The summed E-state index contributed by atoms with van der Waals surface area (Å²) in [5.74, 6) is -0.653. The monoisotopic (exact) mass is 425 g/mol. The highest BCUT2D eigenvalue weighted by atomic mass is 79.9. The normalized spacial score (nSPS) is 12.0. The Morgan fingerprint density at radius 3 is 2.35 bits per heavy atom. The van der Waals surface area contributed by atoms with Crippen LogP contribution in [-0.2, 0) is 9.53 Å². The first-order valence-corrected chi connectivity index (χ1v) is 10.5. The summed E-state index contributed by atoms with van der Waals surface area (Å²) in [6.45, 7) is 6.43. The topological polar surface area (TPSA) is 55.4 Å². The summed E-state index contributed by atoms with van der Waals surface area (Å²) in [5.41, 5.74) is 0.518. The van der Waals surface area contributed by atoms with E-state index in [0.29, 0.717) is 12.2 Å². The van der Waals surface area contributed by atoms with Crippen molar-refractivity contribution in [1.29, 1.82) is 0 Å². The first-order valence-electron chi connectivity index (χ1n) is 9.68. The Kier molecular flexibility index (Phi) is 11.3.